The summed E-state index contributed by atoms with van der Waals surface area (Å²) >= 11 is 0. The number of hydrogen-bond donors (Lipinski definition) is 1. The number of aromatic nitrogens is 1. The van der Waals surface area contributed by atoms with Crippen LogP contribution in [0.3, 0.4) is 0 Å². The summed E-state index contributed by atoms with van der Waals surface area (Å²) in [5.41, 5.74) is 3.71. The molecule has 0 fully saturated rings. The van der Waals surface area contributed by atoms with Gasteiger partial charge in [0.15, 0.2) is 0 Å². The van der Waals surface area contributed by atoms with Crippen LogP contribution in [-0.2, 0) is 6.54 Å². The van der Waals surface area contributed by atoms with Crippen molar-refractivity contribution in [3.63, 3.8) is 0 Å². The lowest BCUT2D eigenvalue weighted by molar-refractivity contribution is 0.0939. The number of nitrogens with zero attached hydrogens (tertiary/aromatic N) is 2. The SMILES string of the molecule is CCC(C)NC(=O)c1cncc(N(Cc2ccccc2)c2ccccc2)c1. The van der Waals surface area contributed by atoms with Gasteiger partial charge in [-0.3, -0.25) is 9.78 Å². The average molecular weight is 359 g/mol. The van der Waals surface area contributed by atoms with Crippen LogP contribution in [0.5, 0.6) is 0 Å². The number of hydrogen-bond acceptors (Lipinski definition) is 3. The van der Waals surface area contributed by atoms with E-state index in [0.717, 1.165) is 17.8 Å². The number of carbonyl (C=O) groups excluding carboxylic acids is 1. The number of rotatable bonds is 7. The first-order valence-electron chi connectivity index (χ1n) is 9.29. The molecule has 1 aromatic heterocycles. The molecular formula is C23H25N3O. The lowest BCUT2D eigenvalue weighted by Gasteiger charge is -2.25. The Balaban J connectivity index is 1.92. The minimum absolute atomic E-state index is 0.0913. The standard InChI is InChI=1S/C23H25N3O/c1-3-18(2)25-23(27)20-14-22(16-24-15-20)26(21-12-8-5-9-13-21)17-19-10-6-4-7-11-19/h4-16,18H,3,17H2,1-2H3,(H,25,27). The Kier molecular flexibility index (Phi) is 6.21. The third kappa shape index (κ3) is 4.94. The molecule has 1 unspecified atom stereocenters. The molecule has 0 aliphatic rings. The highest BCUT2D eigenvalue weighted by Gasteiger charge is 2.14. The number of carbonyl (C=O) groups is 1. The van der Waals surface area contributed by atoms with Gasteiger partial charge in [-0.15, -0.1) is 0 Å². The predicted molar refractivity (Wildman–Crippen MR) is 110 cm³/mol. The molecule has 1 N–H and O–H groups in total. The molecule has 0 radical (unpaired) electrons. The van der Waals surface area contributed by atoms with Crippen molar-refractivity contribution in [2.45, 2.75) is 32.9 Å². The van der Waals surface area contributed by atoms with Gasteiger partial charge < -0.3 is 10.2 Å². The Labute approximate surface area is 160 Å². The van der Waals surface area contributed by atoms with Crippen LogP contribution in [0.25, 0.3) is 0 Å². The highest BCUT2D eigenvalue weighted by molar-refractivity contribution is 5.95. The van der Waals surface area contributed by atoms with Crippen LogP contribution < -0.4 is 10.2 Å². The van der Waals surface area contributed by atoms with E-state index in [1.165, 1.54) is 5.56 Å². The predicted octanol–water partition coefficient (Wildman–Crippen LogP) is 4.95. The Bertz CT molecular complexity index is 865. The van der Waals surface area contributed by atoms with Crippen molar-refractivity contribution < 1.29 is 4.79 Å². The summed E-state index contributed by atoms with van der Waals surface area (Å²) in [7, 11) is 0. The van der Waals surface area contributed by atoms with Crippen molar-refractivity contribution in [2.24, 2.45) is 0 Å². The molecule has 3 rings (SSSR count). The maximum Gasteiger partial charge on any atom is 0.253 e. The van der Waals surface area contributed by atoms with Crippen molar-refractivity contribution in [3.8, 4) is 0 Å². The van der Waals surface area contributed by atoms with Gasteiger partial charge in [0.2, 0.25) is 0 Å². The van der Waals surface area contributed by atoms with E-state index in [2.05, 4.69) is 46.4 Å². The number of para-hydroxylation sites is 1. The fourth-order valence-electron chi connectivity index (χ4n) is 2.81. The Morgan fingerprint density at radius 2 is 1.67 bits per heavy atom. The van der Waals surface area contributed by atoms with Gasteiger partial charge in [0.25, 0.3) is 5.91 Å². The summed E-state index contributed by atoms with van der Waals surface area (Å²) in [4.78, 5) is 19.0. The van der Waals surface area contributed by atoms with Gasteiger partial charge in [0.05, 0.1) is 17.4 Å². The summed E-state index contributed by atoms with van der Waals surface area (Å²) in [6.07, 6.45) is 4.31. The third-order valence-electron chi connectivity index (χ3n) is 4.54. The molecule has 138 valence electrons. The number of nitrogens with one attached hydrogen (secondary N) is 1. The molecule has 1 heterocycles. The van der Waals surface area contributed by atoms with Gasteiger partial charge in [0.1, 0.15) is 0 Å². The maximum absolute atomic E-state index is 12.5. The van der Waals surface area contributed by atoms with E-state index >= 15 is 0 Å². The zero-order chi connectivity index (χ0) is 19.1. The number of anilines is 2. The molecule has 4 heteroatoms. The largest absolute Gasteiger partial charge is 0.350 e. The second-order valence-electron chi connectivity index (χ2n) is 6.62. The maximum atomic E-state index is 12.5. The quantitative estimate of drug-likeness (QED) is 0.649. The molecule has 0 saturated heterocycles. The first kappa shape index (κ1) is 18.6. The molecular weight excluding hydrogens is 334 g/mol. The molecule has 0 aliphatic heterocycles. The van der Waals surface area contributed by atoms with Gasteiger partial charge in [-0.1, -0.05) is 55.5 Å². The summed E-state index contributed by atoms with van der Waals surface area (Å²) in [5, 5.41) is 3.00. The minimum atomic E-state index is -0.0913. The first-order valence-corrected chi connectivity index (χ1v) is 9.29. The highest BCUT2D eigenvalue weighted by atomic mass is 16.1. The molecule has 27 heavy (non-hydrogen) atoms. The Hall–Kier alpha value is -3.14. The zero-order valence-corrected chi connectivity index (χ0v) is 15.8. The number of amides is 1. The van der Waals surface area contributed by atoms with Gasteiger partial charge in [-0.05, 0) is 37.1 Å². The molecule has 3 aromatic rings. The molecule has 1 atom stereocenters. The van der Waals surface area contributed by atoms with Crippen LogP contribution in [-0.4, -0.2) is 16.9 Å². The number of benzene rings is 2. The molecule has 1 amide bonds. The smallest absolute Gasteiger partial charge is 0.253 e. The molecule has 0 bridgehead atoms. The highest BCUT2D eigenvalue weighted by Crippen LogP contribution is 2.27. The second kappa shape index (κ2) is 8.99. The van der Waals surface area contributed by atoms with E-state index in [4.69, 9.17) is 0 Å². The van der Waals surface area contributed by atoms with E-state index in [1.54, 1.807) is 12.4 Å². The fraction of sp³-hybridized carbons (Fsp3) is 0.217. The fourth-order valence-corrected chi connectivity index (χ4v) is 2.81. The van der Waals surface area contributed by atoms with Gasteiger partial charge in [-0.2, -0.15) is 0 Å². The monoisotopic (exact) mass is 359 g/mol. The Morgan fingerprint density at radius 3 is 2.33 bits per heavy atom. The van der Waals surface area contributed by atoms with E-state index in [9.17, 15) is 4.79 Å². The van der Waals surface area contributed by atoms with Crippen LogP contribution >= 0.6 is 0 Å². The van der Waals surface area contributed by atoms with Gasteiger partial charge in [-0.25, -0.2) is 0 Å². The molecule has 4 nitrogen and oxygen atoms in total. The van der Waals surface area contributed by atoms with Crippen LogP contribution in [0.1, 0.15) is 36.2 Å². The summed E-state index contributed by atoms with van der Waals surface area (Å²) in [6, 6.07) is 22.5. The Morgan fingerprint density at radius 1 is 1.00 bits per heavy atom. The summed E-state index contributed by atoms with van der Waals surface area (Å²) < 4.78 is 0. The van der Waals surface area contributed by atoms with Crippen LogP contribution in [0, 0.1) is 0 Å². The van der Waals surface area contributed by atoms with Crippen molar-refractivity contribution in [1.29, 1.82) is 0 Å². The minimum Gasteiger partial charge on any atom is -0.350 e. The van der Waals surface area contributed by atoms with E-state index in [1.807, 2.05) is 49.4 Å². The average Bonchev–Trinajstić information content (AvgIpc) is 2.73. The van der Waals surface area contributed by atoms with E-state index < -0.39 is 0 Å². The number of pyridine rings is 1. The van der Waals surface area contributed by atoms with Gasteiger partial charge >= 0.3 is 0 Å². The van der Waals surface area contributed by atoms with Crippen LogP contribution in [0.15, 0.2) is 79.1 Å². The van der Waals surface area contributed by atoms with Gasteiger partial charge in [0, 0.05) is 24.5 Å². The summed E-state index contributed by atoms with van der Waals surface area (Å²) in [6.45, 7) is 4.75. The van der Waals surface area contributed by atoms with E-state index in [0.29, 0.717) is 12.1 Å². The zero-order valence-electron chi connectivity index (χ0n) is 15.8. The molecule has 0 saturated carbocycles. The second-order valence-corrected chi connectivity index (χ2v) is 6.62. The molecule has 0 spiro atoms. The topological polar surface area (TPSA) is 45.2 Å². The summed E-state index contributed by atoms with van der Waals surface area (Å²) in [5.74, 6) is -0.0913. The van der Waals surface area contributed by atoms with Crippen LogP contribution in [0.4, 0.5) is 11.4 Å². The lowest BCUT2D eigenvalue weighted by Crippen LogP contribution is -2.32. The normalized spacial score (nSPS) is 11.6. The van der Waals surface area contributed by atoms with Crippen molar-refractivity contribution in [1.82, 2.24) is 10.3 Å². The van der Waals surface area contributed by atoms with Crippen molar-refractivity contribution in [3.05, 3.63) is 90.3 Å². The first-order chi connectivity index (χ1) is 13.2. The van der Waals surface area contributed by atoms with Crippen LogP contribution in [0.2, 0.25) is 0 Å². The lowest BCUT2D eigenvalue weighted by atomic mass is 10.1. The van der Waals surface area contributed by atoms with Crippen molar-refractivity contribution in [2.75, 3.05) is 4.90 Å². The molecule has 2 aromatic carbocycles. The van der Waals surface area contributed by atoms with E-state index in [-0.39, 0.29) is 11.9 Å². The third-order valence-corrected chi connectivity index (χ3v) is 4.54. The molecule has 0 aliphatic carbocycles. The van der Waals surface area contributed by atoms with Crippen molar-refractivity contribution >= 4 is 17.3 Å².